The summed E-state index contributed by atoms with van der Waals surface area (Å²) in [7, 11) is 0. The van der Waals surface area contributed by atoms with Gasteiger partial charge in [-0.05, 0) is 18.8 Å². The quantitative estimate of drug-likeness (QED) is 0.662. The molecule has 0 saturated heterocycles. The Hall–Kier alpha value is -0.510. The van der Waals surface area contributed by atoms with E-state index in [1.54, 1.807) is 13.0 Å². The van der Waals surface area contributed by atoms with Gasteiger partial charge in [-0.2, -0.15) is 13.2 Å². The molecule has 2 unspecified atom stereocenters. The van der Waals surface area contributed by atoms with Crippen molar-refractivity contribution in [1.29, 1.82) is 0 Å². The van der Waals surface area contributed by atoms with Crippen molar-refractivity contribution in [3.05, 3.63) is 12.7 Å². The first kappa shape index (κ1) is 11.5. The van der Waals surface area contributed by atoms with Crippen molar-refractivity contribution >= 4 is 0 Å². The fraction of sp³-hybridized carbons (Fsp3) is 0.750. The fourth-order valence-corrected chi connectivity index (χ4v) is 0.702. The summed E-state index contributed by atoms with van der Waals surface area (Å²) in [6.07, 6.45) is -5.05. The molecule has 0 heterocycles. The number of aliphatic hydroxyl groups excluding tert-OH is 1. The van der Waals surface area contributed by atoms with E-state index in [0.29, 0.717) is 6.42 Å². The summed E-state index contributed by atoms with van der Waals surface area (Å²) in [6.45, 7) is 5.20. The van der Waals surface area contributed by atoms with Gasteiger partial charge >= 0.3 is 6.18 Å². The van der Waals surface area contributed by atoms with E-state index < -0.39 is 12.3 Å². The van der Waals surface area contributed by atoms with Crippen LogP contribution in [0.2, 0.25) is 0 Å². The van der Waals surface area contributed by atoms with Crippen LogP contribution < -0.4 is 0 Å². The summed E-state index contributed by atoms with van der Waals surface area (Å²) in [6, 6.07) is 0. The second-order valence-electron chi connectivity index (χ2n) is 2.85. The molecule has 0 aliphatic rings. The zero-order chi connectivity index (χ0) is 9.78. The van der Waals surface area contributed by atoms with Gasteiger partial charge in [-0.1, -0.05) is 13.0 Å². The van der Waals surface area contributed by atoms with Crippen molar-refractivity contribution in [2.24, 2.45) is 5.92 Å². The molecule has 0 aromatic heterocycles. The van der Waals surface area contributed by atoms with E-state index >= 15 is 0 Å². The maximum atomic E-state index is 11.7. The predicted molar refractivity (Wildman–Crippen MR) is 40.7 cm³/mol. The second-order valence-corrected chi connectivity index (χ2v) is 2.85. The van der Waals surface area contributed by atoms with Crippen LogP contribution >= 0.6 is 0 Å². The maximum absolute atomic E-state index is 11.7. The summed E-state index contributed by atoms with van der Waals surface area (Å²) in [5.74, 6) is 0.0157. The van der Waals surface area contributed by atoms with Crippen LogP contribution in [0.15, 0.2) is 12.7 Å². The number of hydrogen-bond acceptors (Lipinski definition) is 1. The molecule has 0 amide bonds. The molecule has 1 nitrogen and oxygen atoms in total. The lowest BCUT2D eigenvalue weighted by Crippen LogP contribution is -2.28. The van der Waals surface area contributed by atoms with Crippen molar-refractivity contribution in [3.8, 4) is 0 Å². The van der Waals surface area contributed by atoms with Crippen LogP contribution in [0.5, 0.6) is 0 Å². The Morgan fingerprint density at radius 2 is 1.92 bits per heavy atom. The van der Waals surface area contributed by atoms with Gasteiger partial charge in [0.1, 0.15) is 6.10 Å². The first-order valence-electron chi connectivity index (χ1n) is 3.75. The van der Waals surface area contributed by atoms with Gasteiger partial charge in [0.2, 0.25) is 0 Å². The summed E-state index contributed by atoms with van der Waals surface area (Å²) in [4.78, 5) is 0. The Labute approximate surface area is 69.9 Å². The molecule has 0 bridgehead atoms. The lowest BCUT2D eigenvalue weighted by Gasteiger charge is -2.15. The van der Waals surface area contributed by atoms with E-state index in [-0.39, 0.29) is 12.3 Å². The van der Waals surface area contributed by atoms with E-state index in [0.717, 1.165) is 0 Å². The maximum Gasteiger partial charge on any atom is 0.414 e. The van der Waals surface area contributed by atoms with Gasteiger partial charge in [0.05, 0.1) is 0 Å². The topological polar surface area (TPSA) is 20.2 Å². The molecule has 4 heteroatoms. The molecule has 72 valence electrons. The van der Waals surface area contributed by atoms with Crippen LogP contribution in [0.1, 0.15) is 19.8 Å². The van der Waals surface area contributed by atoms with Crippen molar-refractivity contribution in [3.63, 3.8) is 0 Å². The van der Waals surface area contributed by atoms with Crippen LogP contribution in [-0.2, 0) is 0 Å². The van der Waals surface area contributed by atoms with Gasteiger partial charge in [0, 0.05) is 0 Å². The first-order chi connectivity index (χ1) is 5.38. The van der Waals surface area contributed by atoms with Gasteiger partial charge in [-0.25, -0.2) is 0 Å². The van der Waals surface area contributed by atoms with E-state index in [1.807, 2.05) is 0 Å². The van der Waals surface area contributed by atoms with Crippen LogP contribution in [0.4, 0.5) is 13.2 Å². The molecule has 0 fully saturated rings. The molecule has 0 saturated carbocycles. The lowest BCUT2D eigenvalue weighted by atomic mass is 10.0. The van der Waals surface area contributed by atoms with Crippen LogP contribution in [-0.4, -0.2) is 17.4 Å². The minimum absolute atomic E-state index is 0.0157. The van der Waals surface area contributed by atoms with E-state index in [4.69, 9.17) is 5.11 Å². The Morgan fingerprint density at radius 3 is 2.25 bits per heavy atom. The Morgan fingerprint density at radius 1 is 1.42 bits per heavy atom. The Kier molecular flexibility index (Phi) is 4.31. The van der Waals surface area contributed by atoms with E-state index in [9.17, 15) is 13.2 Å². The van der Waals surface area contributed by atoms with Crippen molar-refractivity contribution in [2.45, 2.75) is 32.0 Å². The smallest absolute Gasteiger partial charge is 0.384 e. The Bertz CT molecular complexity index is 142. The zero-order valence-electron chi connectivity index (χ0n) is 6.93. The van der Waals surface area contributed by atoms with Crippen LogP contribution in [0.25, 0.3) is 0 Å². The standard InChI is InChI=1S/C8H13F3O/c1-3-6(2)4-5-7(12)8(9,10)11/h3,6-7,12H,1,4-5H2,2H3. The van der Waals surface area contributed by atoms with Gasteiger partial charge in [-0.3, -0.25) is 0 Å². The molecule has 0 rings (SSSR count). The zero-order valence-corrected chi connectivity index (χ0v) is 6.93. The average molecular weight is 182 g/mol. The first-order valence-corrected chi connectivity index (χ1v) is 3.75. The molecule has 0 radical (unpaired) electrons. The largest absolute Gasteiger partial charge is 0.414 e. The second kappa shape index (κ2) is 4.50. The lowest BCUT2D eigenvalue weighted by molar-refractivity contribution is -0.205. The number of allylic oxidation sites excluding steroid dienone is 1. The van der Waals surface area contributed by atoms with Gasteiger partial charge in [0.25, 0.3) is 0 Å². The van der Waals surface area contributed by atoms with Crippen LogP contribution in [0, 0.1) is 5.92 Å². The third-order valence-corrected chi connectivity index (χ3v) is 1.68. The highest BCUT2D eigenvalue weighted by Crippen LogP contribution is 2.24. The van der Waals surface area contributed by atoms with Gasteiger partial charge < -0.3 is 5.11 Å². The highest BCUT2D eigenvalue weighted by atomic mass is 19.4. The molecule has 2 atom stereocenters. The third kappa shape index (κ3) is 4.38. The number of rotatable bonds is 4. The summed E-state index contributed by atoms with van der Waals surface area (Å²) in [5, 5.41) is 8.57. The van der Waals surface area contributed by atoms with Crippen molar-refractivity contribution in [1.82, 2.24) is 0 Å². The molecular formula is C8H13F3O. The third-order valence-electron chi connectivity index (χ3n) is 1.68. The minimum Gasteiger partial charge on any atom is -0.384 e. The predicted octanol–water partition coefficient (Wildman–Crippen LogP) is 2.51. The van der Waals surface area contributed by atoms with Gasteiger partial charge in [0.15, 0.2) is 0 Å². The number of halogens is 3. The van der Waals surface area contributed by atoms with Crippen molar-refractivity contribution in [2.75, 3.05) is 0 Å². The highest BCUT2D eigenvalue weighted by molar-refractivity contribution is 4.77. The molecule has 0 aromatic carbocycles. The van der Waals surface area contributed by atoms with E-state index in [1.165, 1.54) is 0 Å². The molecule has 0 aliphatic carbocycles. The number of aliphatic hydroxyl groups is 1. The summed E-state index contributed by atoms with van der Waals surface area (Å²) < 4.78 is 35.2. The Balaban J connectivity index is 3.71. The summed E-state index contributed by atoms with van der Waals surface area (Å²) >= 11 is 0. The molecule has 1 N–H and O–H groups in total. The summed E-state index contributed by atoms with van der Waals surface area (Å²) in [5.41, 5.74) is 0. The molecule has 0 spiro atoms. The van der Waals surface area contributed by atoms with Crippen molar-refractivity contribution < 1.29 is 18.3 Å². The number of alkyl halides is 3. The molecule has 0 aromatic rings. The molecular weight excluding hydrogens is 169 g/mol. The molecule has 0 aliphatic heterocycles. The fourth-order valence-electron chi connectivity index (χ4n) is 0.702. The molecule has 12 heavy (non-hydrogen) atoms. The average Bonchev–Trinajstić information content (AvgIpc) is 1.97. The van der Waals surface area contributed by atoms with Gasteiger partial charge in [-0.15, -0.1) is 6.58 Å². The highest BCUT2D eigenvalue weighted by Gasteiger charge is 2.37. The SMILES string of the molecule is C=CC(C)CCC(O)C(F)(F)F. The van der Waals surface area contributed by atoms with E-state index in [2.05, 4.69) is 6.58 Å². The monoisotopic (exact) mass is 182 g/mol. The van der Waals surface area contributed by atoms with Crippen LogP contribution in [0.3, 0.4) is 0 Å². The number of hydrogen-bond donors (Lipinski definition) is 1. The minimum atomic E-state index is -4.49. The normalized spacial score (nSPS) is 17.1.